The molecule has 0 unspecified atom stereocenters. The number of rotatable bonds is 6. The average molecular weight is 275 g/mol. The van der Waals surface area contributed by atoms with Gasteiger partial charge in [0, 0.05) is 18.0 Å². The van der Waals surface area contributed by atoms with Gasteiger partial charge in [-0.1, -0.05) is 24.3 Å². The van der Waals surface area contributed by atoms with Crippen LogP contribution in [-0.2, 0) is 24.3 Å². The Hall–Kier alpha value is -1.65. The largest absolute Gasteiger partial charge is 0.481 e. The van der Waals surface area contributed by atoms with Gasteiger partial charge >= 0.3 is 5.97 Å². The molecule has 0 atom stereocenters. The third kappa shape index (κ3) is 4.19. The SMILES string of the molecule is Cc1ccsc1CNCc1ccc(CC(=O)O)cc1. The minimum atomic E-state index is -0.793. The van der Waals surface area contributed by atoms with Crippen LogP contribution in [0.4, 0.5) is 0 Å². The van der Waals surface area contributed by atoms with Gasteiger partial charge in [-0.15, -0.1) is 11.3 Å². The number of aryl methyl sites for hydroxylation is 1. The van der Waals surface area contributed by atoms with E-state index >= 15 is 0 Å². The van der Waals surface area contributed by atoms with Crippen LogP contribution in [0, 0.1) is 6.92 Å². The minimum Gasteiger partial charge on any atom is -0.481 e. The van der Waals surface area contributed by atoms with E-state index in [0.29, 0.717) is 0 Å². The summed E-state index contributed by atoms with van der Waals surface area (Å²) in [7, 11) is 0. The summed E-state index contributed by atoms with van der Waals surface area (Å²) < 4.78 is 0. The lowest BCUT2D eigenvalue weighted by Gasteiger charge is -2.05. The van der Waals surface area contributed by atoms with E-state index < -0.39 is 5.97 Å². The number of thiophene rings is 1. The summed E-state index contributed by atoms with van der Waals surface area (Å²) in [6.45, 7) is 3.79. The highest BCUT2D eigenvalue weighted by molar-refractivity contribution is 7.10. The maximum atomic E-state index is 10.6. The number of hydrogen-bond donors (Lipinski definition) is 2. The summed E-state index contributed by atoms with van der Waals surface area (Å²) in [6.07, 6.45) is 0.0854. The van der Waals surface area contributed by atoms with Crippen LogP contribution in [0.1, 0.15) is 21.6 Å². The fraction of sp³-hybridized carbons (Fsp3) is 0.267. The van der Waals surface area contributed by atoms with Gasteiger partial charge in [-0.25, -0.2) is 0 Å². The molecule has 4 heteroatoms. The molecule has 0 radical (unpaired) electrons. The van der Waals surface area contributed by atoms with E-state index in [0.717, 1.165) is 18.7 Å². The molecule has 2 rings (SSSR count). The quantitative estimate of drug-likeness (QED) is 0.852. The van der Waals surface area contributed by atoms with Crippen molar-refractivity contribution in [3.8, 4) is 0 Å². The zero-order valence-corrected chi connectivity index (χ0v) is 11.7. The number of hydrogen-bond acceptors (Lipinski definition) is 3. The number of benzene rings is 1. The van der Waals surface area contributed by atoms with Crippen molar-refractivity contribution in [2.24, 2.45) is 0 Å². The monoisotopic (exact) mass is 275 g/mol. The van der Waals surface area contributed by atoms with E-state index in [1.165, 1.54) is 16.0 Å². The van der Waals surface area contributed by atoms with Crippen molar-refractivity contribution >= 4 is 17.3 Å². The summed E-state index contributed by atoms with van der Waals surface area (Å²) in [6, 6.07) is 9.84. The molecule has 0 amide bonds. The first-order valence-corrected chi connectivity index (χ1v) is 7.06. The standard InChI is InChI=1S/C15H17NO2S/c1-11-6-7-19-14(11)10-16-9-13-4-2-12(3-5-13)8-15(17)18/h2-7,16H,8-10H2,1H3,(H,17,18). The van der Waals surface area contributed by atoms with E-state index in [9.17, 15) is 4.79 Å². The number of aliphatic carboxylic acids is 1. The lowest BCUT2D eigenvalue weighted by molar-refractivity contribution is -0.136. The Balaban J connectivity index is 1.83. The van der Waals surface area contributed by atoms with Crippen molar-refractivity contribution in [1.82, 2.24) is 5.32 Å². The number of carbonyl (C=O) groups is 1. The van der Waals surface area contributed by atoms with Crippen LogP contribution in [0.15, 0.2) is 35.7 Å². The summed E-state index contributed by atoms with van der Waals surface area (Å²) in [4.78, 5) is 11.9. The second kappa shape index (κ2) is 6.50. The molecule has 1 aromatic heterocycles. The van der Waals surface area contributed by atoms with Crippen LogP contribution in [0.3, 0.4) is 0 Å². The van der Waals surface area contributed by atoms with Gasteiger partial charge in [0.15, 0.2) is 0 Å². The van der Waals surface area contributed by atoms with E-state index in [4.69, 9.17) is 5.11 Å². The number of nitrogens with one attached hydrogen (secondary N) is 1. The second-order valence-corrected chi connectivity index (χ2v) is 5.52. The topological polar surface area (TPSA) is 49.3 Å². The van der Waals surface area contributed by atoms with Crippen molar-refractivity contribution in [1.29, 1.82) is 0 Å². The van der Waals surface area contributed by atoms with Gasteiger partial charge in [-0.3, -0.25) is 4.79 Å². The summed E-state index contributed by atoms with van der Waals surface area (Å²) in [5, 5.41) is 14.2. The first-order chi connectivity index (χ1) is 9.15. The van der Waals surface area contributed by atoms with Gasteiger partial charge in [-0.2, -0.15) is 0 Å². The van der Waals surface area contributed by atoms with E-state index in [1.807, 2.05) is 24.3 Å². The first kappa shape index (κ1) is 13.8. The molecule has 3 nitrogen and oxygen atoms in total. The molecular weight excluding hydrogens is 258 g/mol. The zero-order chi connectivity index (χ0) is 13.7. The minimum absolute atomic E-state index is 0.0854. The van der Waals surface area contributed by atoms with Gasteiger partial charge < -0.3 is 10.4 Å². The Kier molecular flexibility index (Phi) is 4.71. The van der Waals surface area contributed by atoms with Crippen LogP contribution in [-0.4, -0.2) is 11.1 Å². The summed E-state index contributed by atoms with van der Waals surface area (Å²) in [5.74, 6) is -0.793. The molecule has 0 bridgehead atoms. The highest BCUT2D eigenvalue weighted by atomic mass is 32.1. The predicted octanol–water partition coefficient (Wildman–Crippen LogP) is 2.97. The van der Waals surface area contributed by atoms with Crippen LogP contribution in [0.25, 0.3) is 0 Å². The Bertz CT molecular complexity index is 546. The molecule has 0 aliphatic rings. The van der Waals surface area contributed by atoms with Crippen molar-refractivity contribution < 1.29 is 9.90 Å². The number of carboxylic acid groups (broad SMARTS) is 1. The van der Waals surface area contributed by atoms with Gasteiger partial charge in [0.05, 0.1) is 6.42 Å². The molecule has 0 saturated heterocycles. The van der Waals surface area contributed by atoms with Gasteiger partial charge in [0.2, 0.25) is 0 Å². The zero-order valence-electron chi connectivity index (χ0n) is 10.8. The van der Waals surface area contributed by atoms with Crippen LogP contribution >= 0.6 is 11.3 Å². The van der Waals surface area contributed by atoms with Gasteiger partial charge in [-0.05, 0) is 35.1 Å². The molecule has 100 valence electrons. The number of carboxylic acids is 1. The Morgan fingerprint density at radius 2 is 1.84 bits per heavy atom. The maximum Gasteiger partial charge on any atom is 0.307 e. The third-order valence-corrected chi connectivity index (χ3v) is 3.98. The average Bonchev–Trinajstić information content (AvgIpc) is 2.77. The predicted molar refractivity (Wildman–Crippen MR) is 77.4 cm³/mol. The smallest absolute Gasteiger partial charge is 0.307 e. The van der Waals surface area contributed by atoms with E-state index in [2.05, 4.69) is 23.7 Å². The molecule has 0 fully saturated rings. The molecule has 0 saturated carbocycles. The molecule has 19 heavy (non-hydrogen) atoms. The van der Waals surface area contributed by atoms with Crippen molar-refractivity contribution in [2.75, 3.05) is 0 Å². The van der Waals surface area contributed by atoms with Gasteiger partial charge in [0.25, 0.3) is 0 Å². The molecule has 2 aromatic rings. The van der Waals surface area contributed by atoms with Crippen molar-refractivity contribution in [3.05, 3.63) is 57.3 Å². The van der Waals surface area contributed by atoms with Crippen molar-refractivity contribution in [2.45, 2.75) is 26.4 Å². The van der Waals surface area contributed by atoms with Gasteiger partial charge in [0.1, 0.15) is 0 Å². The normalized spacial score (nSPS) is 10.6. The van der Waals surface area contributed by atoms with E-state index in [1.54, 1.807) is 11.3 Å². The Morgan fingerprint density at radius 3 is 2.42 bits per heavy atom. The lowest BCUT2D eigenvalue weighted by Crippen LogP contribution is -2.12. The fourth-order valence-corrected chi connectivity index (χ4v) is 2.73. The lowest BCUT2D eigenvalue weighted by atomic mass is 10.1. The first-order valence-electron chi connectivity index (χ1n) is 6.18. The highest BCUT2D eigenvalue weighted by Crippen LogP contribution is 2.15. The molecular formula is C15H17NO2S. The molecule has 1 aromatic carbocycles. The molecule has 0 aliphatic heterocycles. The molecule has 2 N–H and O–H groups in total. The van der Waals surface area contributed by atoms with Crippen LogP contribution in [0.2, 0.25) is 0 Å². The summed E-state index contributed by atoms with van der Waals surface area (Å²) >= 11 is 1.77. The van der Waals surface area contributed by atoms with Crippen LogP contribution < -0.4 is 5.32 Å². The molecule has 0 spiro atoms. The van der Waals surface area contributed by atoms with E-state index in [-0.39, 0.29) is 6.42 Å². The Labute approximate surface area is 116 Å². The second-order valence-electron chi connectivity index (χ2n) is 4.52. The summed E-state index contributed by atoms with van der Waals surface area (Å²) in [5.41, 5.74) is 3.34. The van der Waals surface area contributed by atoms with Crippen molar-refractivity contribution in [3.63, 3.8) is 0 Å². The maximum absolute atomic E-state index is 10.6. The van der Waals surface area contributed by atoms with Crippen LogP contribution in [0.5, 0.6) is 0 Å². The molecule has 0 aliphatic carbocycles. The highest BCUT2D eigenvalue weighted by Gasteiger charge is 2.01. The third-order valence-electron chi connectivity index (χ3n) is 2.96. The fourth-order valence-electron chi connectivity index (χ4n) is 1.86. The Morgan fingerprint density at radius 1 is 1.16 bits per heavy atom. The molecule has 1 heterocycles.